The van der Waals surface area contributed by atoms with Gasteiger partial charge in [-0.05, 0) is 26.2 Å². The highest BCUT2D eigenvalue weighted by Gasteiger charge is 2.37. The summed E-state index contributed by atoms with van der Waals surface area (Å²) in [6, 6.07) is -0.0439. The summed E-state index contributed by atoms with van der Waals surface area (Å²) in [7, 11) is 1.92. The first-order chi connectivity index (χ1) is 8.48. The summed E-state index contributed by atoms with van der Waals surface area (Å²) in [5.74, 6) is 0. The third-order valence-corrected chi connectivity index (χ3v) is 4.39. The highest BCUT2D eigenvalue weighted by atomic mass is 35.5. The van der Waals surface area contributed by atoms with Crippen molar-refractivity contribution in [1.29, 1.82) is 0 Å². The molecule has 0 spiro atoms. The first-order valence-electron chi connectivity index (χ1n) is 6.57. The number of nitrogens with zero attached hydrogens (tertiary/aromatic N) is 2. The van der Waals surface area contributed by atoms with Gasteiger partial charge in [0.15, 0.2) is 0 Å². The molecule has 1 aliphatic rings. The van der Waals surface area contributed by atoms with Gasteiger partial charge in [-0.3, -0.25) is 4.68 Å². The van der Waals surface area contributed by atoms with E-state index in [2.05, 4.69) is 18.9 Å². The quantitative estimate of drug-likeness (QED) is 0.912. The topological polar surface area (TPSA) is 53.1 Å². The van der Waals surface area contributed by atoms with Gasteiger partial charge in [0.1, 0.15) is 0 Å². The van der Waals surface area contributed by atoms with Gasteiger partial charge in [-0.1, -0.05) is 18.5 Å². The van der Waals surface area contributed by atoms with Gasteiger partial charge in [-0.25, -0.2) is 0 Å². The van der Waals surface area contributed by atoms with Crippen LogP contribution in [0.4, 0.5) is 0 Å². The van der Waals surface area contributed by atoms with Crippen molar-refractivity contribution in [2.45, 2.75) is 51.2 Å². The molecule has 2 atom stereocenters. The Kier molecular flexibility index (Phi) is 3.99. The zero-order valence-electron chi connectivity index (χ0n) is 11.4. The fourth-order valence-corrected chi connectivity index (χ4v) is 2.93. The number of aromatic nitrogens is 2. The number of hydrogen-bond acceptors (Lipinski definition) is 3. The van der Waals surface area contributed by atoms with Crippen LogP contribution in [0.2, 0.25) is 5.02 Å². The van der Waals surface area contributed by atoms with Gasteiger partial charge in [0.25, 0.3) is 0 Å². The predicted molar refractivity (Wildman–Crippen MR) is 72.9 cm³/mol. The highest BCUT2D eigenvalue weighted by molar-refractivity contribution is 6.31. The number of rotatable bonds is 4. The summed E-state index contributed by atoms with van der Waals surface area (Å²) in [5.41, 5.74) is 8.04. The number of aryl methyl sites for hydroxylation is 2. The lowest BCUT2D eigenvalue weighted by Crippen LogP contribution is -2.46. The van der Waals surface area contributed by atoms with Gasteiger partial charge >= 0.3 is 0 Å². The third-order valence-electron chi connectivity index (χ3n) is 3.95. The molecule has 0 radical (unpaired) electrons. The molecule has 0 saturated carbocycles. The molecule has 18 heavy (non-hydrogen) atoms. The SMILES string of the molecule is CCc1nn(C)c(CC(N)C2(C)CCCO2)c1Cl. The molecule has 0 amide bonds. The van der Waals surface area contributed by atoms with E-state index in [4.69, 9.17) is 22.1 Å². The summed E-state index contributed by atoms with van der Waals surface area (Å²) >= 11 is 6.35. The maximum Gasteiger partial charge on any atom is 0.0850 e. The Morgan fingerprint density at radius 2 is 2.33 bits per heavy atom. The van der Waals surface area contributed by atoms with Crippen LogP contribution in [0.15, 0.2) is 0 Å². The van der Waals surface area contributed by atoms with Crippen LogP contribution in [0.25, 0.3) is 0 Å². The van der Waals surface area contributed by atoms with Gasteiger partial charge in [0.05, 0.1) is 22.0 Å². The number of hydrogen-bond donors (Lipinski definition) is 1. The molecule has 0 bridgehead atoms. The Bertz CT molecular complexity index is 424. The molecule has 1 aromatic heterocycles. The van der Waals surface area contributed by atoms with Crippen molar-refractivity contribution in [1.82, 2.24) is 9.78 Å². The van der Waals surface area contributed by atoms with Crippen LogP contribution < -0.4 is 5.73 Å². The first kappa shape index (κ1) is 13.8. The molecule has 2 N–H and O–H groups in total. The summed E-state index contributed by atoms with van der Waals surface area (Å²) in [6.07, 6.45) is 3.66. The van der Waals surface area contributed by atoms with Crippen LogP contribution >= 0.6 is 11.6 Å². The zero-order chi connectivity index (χ0) is 13.3. The second kappa shape index (κ2) is 5.19. The first-order valence-corrected chi connectivity index (χ1v) is 6.95. The molecule has 2 rings (SSSR count). The van der Waals surface area contributed by atoms with Crippen LogP contribution in [0.5, 0.6) is 0 Å². The molecule has 1 saturated heterocycles. The molecule has 0 aromatic carbocycles. The van der Waals surface area contributed by atoms with E-state index in [1.807, 2.05) is 11.7 Å². The number of ether oxygens (including phenoxy) is 1. The summed E-state index contributed by atoms with van der Waals surface area (Å²) in [4.78, 5) is 0. The fraction of sp³-hybridized carbons (Fsp3) is 0.769. The standard InChI is InChI=1S/C13H22ClN3O/c1-4-9-12(14)10(17(3)16-9)8-11(15)13(2)6-5-7-18-13/h11H,4-8,15H2,1-3H3. The zero-order valence-corrected chi connectivity index (χ0v) is 12.1. The predicted octanol–water partition coefficient (Wildman–Crippen LogP) is 2.07. The third kappa shape index (κ3) is 2.42. The number of halogens is 1. The molecule has 1 aromatic rings. The Labute approximate surface area is 113 Å². The maximum absolute atomic E-state index is 6.35. The normalized spacial score (nSPS) is 25.6. The van der Waals surface area contributed by atoms with E-state index in [1.165, 1.54) is 0 Å². The van der Waals surface area contributed by atoms with Crippen molar-refractivity contribution < 1.29 is 4.74 Å². The lowest BCUT2D eigenvalue weighted by atomic mass is 9.90. The Morgan fingerprint density at radius 3 is 2.83 bits per heavy atom. The Balaban J connectivity index is 2.16. The van der Waals surface area contributed by atoms with Crippen molar-refractivity contribution in [2.75, 3.05) is 6.61 Å². The van der Waals surface area contributed by atoms with E-state index in [1.54, 1.807) is 0 Å². The molecular formula is C13H22ClN3O. The van der Waals surface area contributed by atoms with Crippen molar-refractivity contribution in [3.63, 3.8) is 0 Å². The Hall–Kier alpha value is -0.580. The molecule has 1 aliphatic heterocycles. The van der Waals surface area contributed by atoms with Crippen molar-refractivity contribution in [3.8, 4) is 0 Å². The van der Waals surface area contributed by atoms with Gasteiger partial charge < -0.3 is 10.5 Å². The summed E-state index contributed by atoms with van der Waals surface area (Å²) in [5, 5.41) is 5.18. The monoisotopic (exact) mass is 271 g/mol. The van der Waals surface area contributed by atoms with Gasteiger partial charge in [0.2, 0.25) is 0 Å². The Morgan fingerprint density at radius 1 is 1.61 bits per heavy atom. The van der Waals surface area contributed by atoms with E-state index >= 15 is 0 Å². The average molecular weight is 272 g/mol. The van der Waals surface area contributed by atoms with Crippen molar-refractivity contribution >= 4 is 11.6 Å². The van der Waals surface area contributed by atoms with E-state index in [9.17, 15) is 0 Å². The van der Waals surface area contributed by atoms with Crippen LogP contribution in [0.1, 0.15) is 38.1 Å². The molecule has 0 aliphatic carbocycles. The van der Waals surface area contributed by atoms with Crippen molar-refractivity contribution in [3.05, 3.63) is 16.4 Å². The lowest BCUT2D eigenvalue weighted by molar-refractivity contribution is -0.00129. The van der Waals surface area contributed by atoms with Gasteiger partial charge in [0, 0.05) is 26.1 Å². The number of nitrogens with two attached hydrogens (primary N) is 1. The van der Waals surface area contributed by atoms with Crippen LogP contribution in [0, 0.1) is 0 Å². The van der Waals surface area contributed by atoms with Crippen LogP contribution in [0.3, 0.4) is 0 Å². The van der Waals surface area contributed by atoms with Gasteiger partial charge in [-0.2, -0.15) is 5.10 Å². The average Bonchev–Trinajstić information content (AvgIpc) is 2.89. The second-order valence-corrected chi connectivity index (χ2v) is 5.64. The lowest BCUT2D eigenvalue weighted by Gasteiger charge is -2.30. The van der Waals surface area contributed by atoms with Crippen LogP contribution in [-0.2, 0) is 24.6 Å². The van der Waals surface area contributed by atoms with E-state index in [-0.39, 0.29) is 11.6 Å². The molecular weight excluding hydrogens is 250 g/mol. The molecule has 5 heteroatoms. The van der Waals surface area contributed by atoms with E-state index in [0.717, 1.165) is 42.3 Å². The largest absolute Gasteiger partial charge is 0.374 e. The smallest absolute Gasteiger partial charge is 0.0850 e. The summed E-state index contributed by atoms with van der Waals surface area (Å²) < 4.78 is 7.64. The molecule has 2 heterocycles. The van der Waals surface area contributed by atoms with E-state index < -0.39 is 0 Å². The van der Waals surface area contributed by atoms with E-state index in [0.29, 0.717) is 6.42 Å². The molecule has 2 unspecified atom stereocenters. The maximum atomic E-state index is 6.35. The molecule has 4 nitrogen and oxygen atoms in total. The second-order valence-electron chi connectivity index (χ2n) is 5.26. The highest BCUT2D eigenvalue weighted by Crippen LogP contribution is 2.31. The minimum atomic E-state index is -0.222. The molecule has 1 fully saturated rings. The molecule has 102 valence electrons. The minimum absolute atomic E-state index is 0.0439. The minimum Gasteiger partial charge on any atom is -0.374 e. The van der Waals surface area contributed by atoms with Crippen LogP contribution in [-0.4, -0.2) is 28.0 Å². The van der Waals surface area contributed by atoms with Crippen molar-refractivity contribution in [2.24, 2.45) is 12.8 Å². The van der Waals surface area contributed by atoms with Gasteiger partial charge in [-0.15, -0.1) is 0 Å². The fourth-order valence-electron chi connectivity index (χ4n) is 2.56. The summed E-state index contributed by atoms with van der Waals surface area (Å²) in [6.45, 7) is 4.96.